The first-order chi connectivity index (χ1) is 13.3. The van der Waals surface area contributed by atoms with Gasteiger partial charge in [-0.15, -0.1) is 0 Å². The Morgan fingerprint density at radius 3 is 2.63 bits per heavy atom. The summed E-state index contributed by atoms with van der Waals surface area (Å²) in [6, 6.07) is 10.9. The zero-order chi connectivity index (χ0) is 18.9. The lowest BCUT2D eigenvalue weighted by molar-refractivity contribution is -0.127. The summed E-state index contributed by atoms with van der Waals surface area (Å²) in [5.41, 5.74) is 1.27. The van der Waals surface area contributed by atoms with Gasteiger partial charge in [-0.25, -0.2) is 0 Å². The Morgan fingerprint density at radius 2 is 1.89 bits per heavy atom. The number of nitrogens with zero attached hydrogens (tertiary/aromatic N) is 2. The molecular formula is C22H34FN3O. The second-order valence-corrected chi connectivity index (χ2v) is 7.98. The summed E-state index contributed by atoms with van der Waals surface area (Å²) in [4.78, 5) is 17.5. The van der Waals surface area contributed by atoms with Crippen LogP contribution in [0.5, 0.6) is 0 Å². The molecule has 4 nitrogen and oxygen atoms in total. The van der Waals surface area contributed by atoms with Crippen molar-refractivity contribution in [3.8, 4) is 0 Å². The van der Waals surface area contributed by atoms with E-state index in [1.807, 2.05) is 18.2 Å². The Balaban J connectivity index is 1.39. The number of hydrogen-bond donors (Lipinski definition) is 1. The van der Waals surface area contributed by atoms with Gasteiger partial charge in [0.05, 0.1) is 12.6 Å². The lowest BCUT2D eigenvalue weighted by atomic mass is 9.93. The highest BCUT2D eigenvalue weighted by atomic mass is 19.1. The number of carbonyl (C=O) groups is 1. The van der Waals surface area contributed by atoms with Crippen LogP contribution in [-0.2, 0) is 11.2 Å². The van der Waals surface area contributed by atoms with Crippen LogP contribution >= 0.6 is 0 Å². The molecule has 2 aliphatic rings. The second-order valence-electron chi connectivity index (χ2n) is 7.98. The van der Waals surface area contributed by atoms with Crippen LogP contribution in [0, 0.1) is 5.92 Å². The number of amides is 1. The van der Waals surface area contributed by atoms with E-state index in [0.717, 1.165) is 64.8 Å². The zero-order valence-electron chi connectivity index (χ0n) is 16.4. The molecule has 0 saturated carbocycles. The van der Waals surface area contributed by atoms with Gasteiger partial charge < -0.3 is 10.2 Å². The molecule has 0 radical (unpaired) electrons. The average molecular weight is 376 g/mol. The monoisotopic (exact) mass is 375 g/mol. The normalized spacial score (nSPS) is 22.6. The number of benzene rings is 1. The fourth-order valence-corrected chi connectivity index (χ4v) is 4.46. The molecule has 5 heteroatoms. The molecule has 1 aromatic rings. The van der Waals surface area contributed by atoms with E-state index in [-0.39, 0.29) is 18.5 Å². The van der Waals surface area contributed by atoms with E-state index in [0.29, 0.717) is 19.0 Å². The van der Waals surface area contributed by atoms with Crippen LogP contribution in [0.2, 0.25) is 0 Å². The molecule has 2 saturated heterocycles. The van der Waals surface area contributed by atoms with Gasteiger partial charge in [-0.2, -0.15) is 0 Å². The first-order valence-corrected chi connectivity index (χ1v) is 10.6. The highest BCUT2D eigenvalue weighted by Gasteiger charge is 2.31. The van der Waals surface area contributed by atoms with Crippen molar-refractivity contribution in [2.45, 2.75) is 44.6 Å². The van der Waals surface area contributed by atoms with Crippen LogP contribution < -0.4 is 5.32 Å². The van der Waals surface area contributed by atoms with Crippen molar-refractivity contribution in [1.29, 1.82) is 0 Å². The van der Waals surface area contributed by atoms with E-state index in [1.165, 1.54) is 5.56 Å². The Kier molecular flexibility index (Phi) is 8.09. The van der Waals surface area contributed by atoms with E-state index in [9.17, 15) is 9.18 Å². The number of nitrogens with one attached hydrogen (secondary N) is 1. The molecule has 1 atom stereocenters. The van der Waals surface area contributed by atoms with Crippen molar-refractivity contribution < 1.29 is 9.18 Å². The Labute approximate surface area is 163 Å². The van der Waals surface area contributed by atoms with Crippen molar-refractivity contribution in [2.75, 3.05) is 45.9 Å². The molecule has 1 N–H and O–H groups in total. The molecule has 2 aliphatic heterocycles. The minimum Gasteiger partial charge on any atom is -0.355 e. The first kappa shape index (κ1) is 20.3. The van der Waals surface area contributed by atoms with E-state index in [2.05, 4.69) is 27.2 Å². The number of carbonyl (C=O) groups excluding carboxylic acids is 1. The van der Waals surface area contributed by atoms with Crippen molar-refractivity contribution in [1.82, 2.24) is 15.1 Å². The van der Waals surface area contributed by atoms with Gasteiger partial charge in [0.1, 0.15) is 0 Å². The SMILES string of the molecule is O=C(NCCc1ccccc1)[C@H]1CCCN(C2CCN(CCCF)CC2)C1. The number of alkyl halides is 1. The number of likely N-dealkylation sites (tertiary alicyclic amines) is 2. The number of rotatable bonds is 8. The zero-order valence-corrected chi connectivity index (χ0v) is 16.4. The lowest BCUT2D eigenvalue weighted by Gasteiger charge is -2.42. The molecule has 2 heterocycles. The van der Waals surface area contributed by atoms with Gasteiger partial charge in [0.25, 0.3) is 0 Å². The maximum atomic E-state index is 12.6. The predicted molar refractivity (Wildman–Crippen MR) is 108 cm³/mol. The fraction of sp³-hybridized carbons (Fsp3) is 0.682. The molecule has 3 rings (SSSR count). The van der Waals surface area contributed by atoms with Gasteiger partial charge in [0.2, 0.25) is 5.91 Å². The topological polar surface area (TPSA) is 35.6 Å². The summed E-state index contributed by atoms with van der Waals surface area (Å²) < 4.78 is 12.3. The van der Waals surface area contributed by atoms with Gasteiger partial charge in [-0.3, -0.25) is 14.1 Å². The molecule has 1 aromatic carbocycles. The van der Waals surface area contributed by atoms with Crippen LogP contribution in [0.3, 0.4) is 0 Å². The Hall–Kier alpha value is -1.46. The van der Waals surface area contributed by atoms with E-state index >= 15 is 0 Å². The van der Waals surface area contributed by atoms with Gasteiger partial charge in [0, 0.05) is 25.7 Å². The summed E-state index contributed by atoms with van der Waals surface area (Å²) in [6.45, 7) is 5.52. The first-order valence-electron chi connectivity index (χ1n) is 10.6. The van der Waals surface area contributed by atoms with Crippen molar-refractivity contribution >= 4 is 5.91 Å². The van der Waals surface area contributed by atoms with Crippen molar-refractivity contribution in [3.05, 3.63) is 35.9 Å². The van der Waals surface area contributed by atoms with Crippen LogP contribution in [0.25, 0.3) is 0 Å². The molecular weight excluding hydrogens is 341 g/mol. The minimum atomic E-state index is -0.215. The van der Waals surface area contributed by atoms with Gasteiger partial charge in [0.15, 0.2) is 0 Å². The third-order valence-corrected chi connectivity index (χ3v) is 6.06. The van der Waals surface area contributed by atoms with Crippen molar-refractivity contribution in [3.63, 3.8) is 0 Å². The highest BCUT2D eigenvalue weighted by Crippen LogP contribution is 2.24. The van der Waals surface area contributed by atoms with Crippen LogP contribution in [-0.4, -0.2) is 67.7 Å². The van der Waals surface area contributed by atoms with Crippen LogP contribution in [0.15, 0.2) is 30.3 Å². The van der Waals surface area contributed by atoms with Crippen LogP contribution in [0.1, 0.15) is 37.7 Å². The number of piperidine rings is 2. The number of halogens is 1. The molecule has 0 bridgehead atoms. The third kappa shape index (κ3) is 6.28. The fourth-order valence-electron chi connectivity index (χ4n) is 4.46. The highest BCUT2D eigenvalue weighted by molar-refractivity contribution is 5.79. The number of hydrogen-bond acceptors (Lipinski definition) is 3. The summed E-state index contributed by atoms with van der Waals surface area (Å²) in [5, 5.41) is 3.15. The lowest BCUT2D eigenvalue weighted by Crippen LogP contribution is -2.51. The molecule has 1 amide bonds. The van der Waals surface area contributed by atoms with Crippen LogP contribution in [0.4, 0.5) is 4.39 Å². The maximum Gasteiger partial charge on any atom is 0.224 e. The molecule has 0 aliphatic carbocycles. The van der Waals surface area contributed by atoms with E-state index in [1.54, 1.807) is 0 Å². The summed E-state index contributed by atoms with van der Waals surface area (Å²) in [6.07, 6.45) is 5.95. The second kappa shape index (κ2) is 10.8. The molecule has 2 fully saturated rings. The maximum absolute atomic E-state index is 12.6. The van der Waals surface area contributed by atoms with Gasteiger partial charge >= 0.3 is 0 Å². The molecule has 0 aromatic heterocycles. The summed E-state index contributed by atoms with van der Waals surface area (Å²) in [5.74, 6) is 0.343. The molecule has 0 spiro atoms. The largest absolute Gasteiger partial charge is 0.355 e. The molecule has 0 unspecified atom stereocenters. The quantitative estimate of drug-likeness (QED) is 0.759. The summed E-state index contributed by atoms with van der Waals surface area (Å²) in [7, 11) is 0. The van der Waals surface area contributed by atoms with E-state index < -0.39 is 0 Å². The smallest absolute Gasteiger partial charge is 0.224 e. The Morgan fingerprint density at radius 1 is 1.11 bits per heavy atom. The van der Waals surface area contributed by atoms with Gasteiger partial charge in [-0.1, -0.05) is 30.3 Å². The van der Waals surface area contributed by atoms with Crippen molar-refractivity contribution in [2.24, 2.45) is 5.92 Å². The average Bonchev–Trinajstić information content (AvgIpc) is 2.73. The minimum absolute atomic E-state index is 0.124. The predicted octanol–water partition coefficient (Wildman–Crippen LogP) is 2.88. The van der Waals surface area contributed by atoms with E-state index in [4.69, 9.17) is 0 Å². The Bertz CT molecular complexity index is 560. The third-order valence-electron chi connectivity index (χ3n) is 6.06. The molecule has 150 valence electrons. The standard InChI is InChI=1S/C22H34FN3O/c23-12-5-14-25-16-10-21(11-17-25)26-15-4-8-20(18-26)22(27)24-13-9-19-6-2-1-3-7-19/h1-3,6-7,20-21H,4-5,8-18H2,(H,24,27)/t20-/m0/s1. The molecule has 27 heavy (non-hydrogen) atoms. The summed E-state index contributed by atoms with van der Waals surface area (Å²) >= 11 is 0. The van der Waals surface area contributed by atoms with Gasteiger partial charge in [-0.05, 0) is 63.7 Å².